The summed E-state index contributed by atoms with van der Waals surface area (Å²) in [6.45, 7) is -0.698. The number of aliphatic hydroxyl groups excluding tert-OH is 5. The molecular weight excluding hydrogens is 224 g/mol. The predicted molar refractivity (Wildman–Crippen MR) is 62.2 cm³/mol. The van der Waals surface area contributed by atoms with E-state index in [0.29, 0.717) is 5.56 Å². The fraction of sp³-hybridized carbons (Fsp3) is 0.333. The Morgan fingerprint density at radius 2 is 1.71 bits per heavy atom. The van der Waals surface area contributed by atoms with Crippen molar-refractivity contribution in [3.8, 4) is 0 Å². The molecular formula is C12H16O5. The fourth-order valence-corrected chi connectivity index (χ4v) is 1.30. The lowest BCUT2D eigenvalue weighted by Crippen LogP contribution is -2.40. The molecule has 0 bridgehead atoms. The van der Waals surface area contributed by atoms with Crippen LogP contribution in [0.2, 0.25) is 0 Å². The summed E-state index contributed by atoms with van der Waals surface area (Å²) in [7, 11) is 0. The van der Waals surface area contributed by atoms with Crippen LogP contribution < -0.4 is 0 Å². The third kappa shape index (κ3) is 3.83. The second-order valence-electron chi connectivity index (χ2n) is 3.67. The summed E-state index contributed by atoms with van der Waals surface area (Å²) in [4.78, 5) is 0. The van der Waals surface area contributed by atoms with E-state index in [4.69, 9.17) is 10.2 Å². The highest BCUT2D eigenvalue weighted by molar-refractivity contribution is 5.51. The number of hydrogen-bond donors (Lipinski definition) is 5. The van der Waals surface area contributed by atoms with Gasteiger partial charge in [0, 0.05) is 0 Å². The van der Waals surface area contributed by atoms with E-state index in [1.807, 2.05) is 0 Å². The normalized spacial score (nSPS) is 17.5. The third-order valence-electron chi connectivity index (χ3n) is 2.32. The second-order valence-corrected chi connectivity index (χ2v) is 3.67. The van der Waals surface area contributed by atoms with Gasteiger partial charge in [0.05, 0.1) is 6.61 Å². The van der Waals surface area contributed by atoms with Gasteiger partial charge in [-0.1, -0.05) is 30.3 Å². The minimum absolute atomic E-state index is 0.476. The van der Waals surface area contributed by atoms with Gasteiger partial charge in [-0.05, 0) is 11.6 Å². The van der Waals surface area contributed by atoms with Crippen molar-refractivity contribution in [1.29, 1.82) is 0 Å². The van der Waals surface area contributed by atoms with Crippen LogP contribution in [-0.4, -0.2) is 50.5 Å². The second kappa shape index (κ2) is 6.36. The Bertz CT molecular complexity index is 362. The van der Waals surface area contributed by atoms with Crippen LogP contribution in [-0.2, 0) is 0 Å². The maximum atomic E-state index is 9.54. The molecule has 0 aliphatic heterocycles. The minimum Gasteiger partial charge on any atom is -0.509 e. The van der Waals surface area contributed by atoms with Crippen molar-refractivity contribution in [1.82, 2.24) is 0 Å². The molecule has 5 nitrogen and oxygen atoms in total. The van der Waals surface area contributed by atoms with Gasteiger partial charge in [0.25, 0.3) is 0 Å². The van der Waals surface area contributed by atoms with E-state index in [1.54, 1.807) is 30.3 Å². The fourth-order valence-electron chi connectivity index (χ4n) is 1.30. The largest absolute Gasteiger partial charge is 0.509 e. The molecule has 0 aliphatic rings. The van der Waals surface area contributed by atoms with Gasteiger partial charge in [-0.25, -0.2) is 0 Å². The van der Waals surface area contributed by atoms with E-state index in [-0.39, 0.29) is 0 Å². The van der Waals surface area contributed by atoms with E-state index in [1.165, 1.54) is 6.08 Å². The first-order valence-electron chi connectivity index (χ1n) is 5.17. The van der Waals surface area contributed by atoms with Crippen molar-refractivity contribution in [2.75, 3.05) is 6.61 Å². The van der Waals surface area contributed by atoms with Gasteiger partial charge in [-0.15, -0.1) is 0 Å². The summed E-state index contributed by atoms with van der Waals surface area (Å²) >= 11 is 0. The third-order valence-corrected chi connectivity index (χ3v) is 2.32. The lowest BCUT2D eigenvalue weighted by molar-refractivity contribution is -0.0735. The maximum Gasteiger partial charge on any atom is 0.139 e. The Labute approximate surface area is 98.9 Å². The van der Waals surface area contributed by atoms with Crippen molar-refractivity contribution < 1.29 is 25.5 Å². The van der Waals surface area contributed by atoms with Crippen molar-refractivity contribution in [3.05, 3.63) is 41.7 Å². The average Bonchev–Trinajstić information content (AvgIpc) is 2.37. The topological polar surface area (TPSA) is 101 Å². The molecule has 94 valence electrons. The van der Waals surface area contributed by atoms with Crippen molar-refractivity contribution >= 4 is 6.08 Å². The number of aliphatic hydroxyl groups is 5. The Balaban J connectivity index is 2.76. The van der Waals surface area contributed by atoms with Crippen LogP contribution in [0.1, 0.15) is 5.56 Å². The highest BCUT2D eigenvalue weighted by atomic mass is 16.4. The van der Waals surface area contributed by atoms with Crippen molar-refractivity contribution in [2.45, 2.75) is 18.3 Å². The first-order valence-corrected chi connectivity index (χ1v) is 5.17. The highest BCUT2D eigenvalue weighted by Gasteiger charge is 2.26. The molecule has 3 atom stereocenters. The molecule has 0 saturated heterocycles. The minimum atomic E-state index is -1.64. The summed E-state index contributed by atoms with van der Waals surface area (Å²) < 4.78 is 0. The number of rotatable bonds is 5. The standard InChI is InChI=1S/C12H16O5/c13-7-10(15)12(17)11(16)9(14)6-8-4-2-1-3-5-8/h1-6,10-17H,7H2. The zero-order valence-corrected chi connectivity index (χ0v) is 9.14. The summed E-state index contributed by atoms with van der Waals surface area (Å²) in [5, 5.41) is 46.1. The molecule has 0 spiro atoms. The Morgan fingerprint density at radius 1 is 1.12 bits per heavy atom. The van der Waals surface area contributed by atoms with Crippen LogP contribution in [0.3, 0.4) is 0 Å². The predicted octanol–water partition coefficient (Wildman–Crippen LogP) is -0.340. The highest BCUT2D eigenvalue weighted by Crippen LogP contribution is 2.12. The Morgan fingerprint density at radius 3 is 2.24 bits per heavy atom. The molecule has 0 fully saturated rings. The lowest BCUT2D eigenvalue weighted by Gasteiger charge is -2.20. The van der Waals surface area contributed by atoms with Crippen LogP contribution in [0.5, 0.6) is 0 Å². The van der Waals surface area contributed by atoms with E-state index in [0.717, 1.165) is 0 Å². The molecule has 0 aliphatic carbocycles. The number of benzene rings is 1. The van der Waals surface area contributed by atoms with Gasteiger partial charge < -0.3 is 25.5 Å². The van der Waals surface area contributed by atoms with Crippen LogP contribution in [0.4, 0.5) is 0 Å². The molecule has 1 rings (SSSR count). The average molecular weight is 240 g/mol. The van der Waals surface area contributed by atoms with E-state index >= 15 is 0 Å². The van der Waals surface area contributed by atoms with Crippen LogP contribution >= 0.6 is 0 Å². The molecule has 0 saturated carbocycles. The van der Waals surface area contributed by atoms with Crippen molar-refractivity contribution in [3.63, 3.8) is 0 Å². The van der Waals surface area contributed by atoms with Gasteiger partial charge in [-0.3, -0.25) is 0 Å². The smallest absolute Gasteiger partial charge is 0.139 e. The zero-order chi connectivity index (χ0) is 12.8. The summed E-state index contributed by atoms with van der Waals surface area (Å²) in [6, 6.07) is 8.72. The van der Waals surface area contributed by atoms with Crippen LogP contribution in [0, 0.1) is 0 Å². The quantitative estimate of drug-likeness (QED) is 0.453. The van der Waals surface area contributed by atoms with Gasteiger partial charge in [-0.2, -0.15) is 0 Å². The van der Waals surface area contributed by atoms with Gasteiger partial charge in [0.2, 0.25) is 0 Å². The zero-order valence-electron chi connectivity index (χ0n) is 9.14. The maximum absolute atomic E-state index is 9.54. The lowest BCUT2D eigenvalue weighted by atomic mass is 10.1. The summed E-state index contributed by atoms with van der Waals surface area (Å²) in [6.07, 6.45) is -3.51. The summed E-state index contributed by atoms with van der Waals surface area (Å²) in [5.74, 6) is -0.476. The number of hydrogen-bond acceptors (Lipinski definition) is 5. The molecule has 0 radical (unpaired) electrons. The Hall–Kier alpha value is -1.40. The van der Waals surface area contributed by atoms with Crippen LogP contribution in [0.15, 0.2) is 36.1 Å². The molecule has 0 aromatic heterocycles. The molecule has 1 aromatic carbocycles. The van der Waals surface area contributed by atoms with Gasteiger partial charge in [0.1, 0.15) is 24.1 Å². The summed E-state index contributed by atoms with van der Waals surface area (Å²) in [5.41, 5.74) is 0.648. The first-order chi connectivity index (χ1) is 8.06. The monoisotopic (exact) mass is 240 g/mol. The van der Waals surface area contributed by atoms with Gasteiger partial charge in [0.15, 0.2) is 0 Å². The molecule has 1 aromatic rings. The molecule has 0 heterocycles. The van der Waals surface area contributed by atoms with Gasteiger partial charge >= 0.3 is 0 Å². The van der Waals surface area contributed by atoms with E-state index in [9.17, 15) is 15.3 Å². The van der Waals surface area contributed by atoms with E-state index < -0.39 is 30.7 Å². The molecule has 5 N–H and O–H groups in total. The molecule has 0 amide bonds. The molecule has 17 heavy (non-hydrogen) atoms. The Kier molecular flexibility index (Phi) is 5.11. The first kappa shape index (κ1) is 13.7. The molecule has 5 heteroatoms. The van der Waals surface area contributed by atoms with Crippen molar-refractivity contribution in [2.24, 2.45) is 0 Å². The SMILES string of the molecule is OCC(O)C(O)C(O)C(O)=Cc1ccccc1. The molecule has 3 unspecified atom stereocenters. The van der Waals surface area contributed by atoms with Crippen LogP contribution in [0.25, 0.3) is 6.08 Å². The van der Waals surface area contributed by atoms with E-state index in [2.05, 4.69) is 0 Å².